The van der Waals surface area contributed by atoms with Gasteiger partial charge in [-0.1, -0.05) is 0 Å². The molecule has 0 saturated heterocycles. The lowest BCUT2D eigenvalue weighted by atomic mass is 10.2. The summed E-state index contributed by atoms with van der Waals surface area (Å²) in [5.74, 6) is 0.748. The Morgan fingerprint density at radius 2 is 2.43 bits per heavy atom. The van der Waals surface area contributed by atoms with E-state index < -0.39 is 6.10 Å². The summed E-state index contributed by atoms with van der Waals surface area (Å²) in [7, 11) is 0. The number of halogens is 1. The number of furan rings is 1. The third-order valence-corrected chi connectivity index (χ3v) is 2.85. The second-order valence-electron chi connectivity index (χ2n) is 2.84. The molecule has 14 heavy (non-hydrogen) atoms. The van der Waals surface area contributed by atoms with Crippen LogP contribution in [-0.4, -0.2) is 10.1 Å². The molecule has 0 bridgehead atoms. The van der Waals surface area contributed by atoms with Crippen molar-refractivity contribution in [3.05, 3.63) is 39.1 Å². The highest BCUT2D eigenvalue weighted by Crippen LogP contribution is 2.21. The van der Waals surface area contributed by atoms with E-state index in [1.807, 2.05) is 17.5 Å². The number of thiazole rings is 1. The van der Waals surface area contributed by atoms with Gasteiger partial charge in [0, 0.05) is 11.8 Å². The fourth-order valence-corrected chi connectivity index (χ4v) is 2.08. The van der Waals surface area contributed by atoms with Gasteiger partial charge in [-0.25, -0.2) is 4.98 Å². The first-order valence-electron chi connectivity index (χ1n) is 4.06. The first-order valence-corrected chi connectivity index (χ1v) is 5.79. The minimum Gasteiger partial charge on any atom is -0.454 e. The molecule has 0 aromatic carbocycles. The van der Waals surface area contributed by atoms with Crippen LogP contribution in [0.4, 0.5) is 0 Å². The zero-order chi connectivity index (χ0) is 9.97. The van der Waals surface area contributed by atoms with Crippen molar-refractivity contribution in [3.63, 3.8) is 0 Å². The van der Waals surface area contributed by atoms with Crippen LogP contribution < -0.4 is 0 Å². The first kappa shape index (κ1) is 9.89. The molecule has 0 radical (unpaired) electrons. The van der Waals surface area contributed by atoms with E-state index in [0.717, 1.165) is 5.76 Å². The summed E-state index contributed by atoms with van der Waals surface area (Å²) in [5, 5.41) is 11.6. The van der Waals surface area contributed by atoms with Crippen LogP contribution in [-0.2, 0) is 6.42 Å². The third kappa shape index (κ3) is 2.23. The van der Waals surface area contributed by atoms with E-state index in [1.165, 1.54) is 11.3 Å². The largest absolute Gasteiger partial charge is 0.454 e. The topological polar surface area (TPSA) is 46.3 Å². The molecule has 2 aromatic heterocycles. The normalized spacial score (nSPS) is 13.0. The first-order chi connectivity index (χ1) is 6.75. The smallest absolute Gasteiger partial charge is 0.169 e. The number of aromatic nitrogens is 1. The standard InChI is InChI=1S/C9H8BrNO2S/c10-9-2-1-6(13-9)3-8(12)7-4-14-5-11-7/h1-2,4-5,8,12H,3H2. The van der Waals surface area contributed by atoms with E-state index in [-0.39, 0.29) is 0 Å². The second-order valence-corrected chi connectivity index (χ2v) is 4.34. The van der Waals surface area contributed by atoms with Gasteiger partial charge in [-0.15, -0.1) is 11.3 Å². The molecule has 5 heteroatoms. The highest BCUT2D eigenvalue weighted by Gasteiger charge is 2.12. The van der Waals surface area contributed by atoms with Crippen LogP contribution in [0.25, 0.3) is 0 Å². The van der Waals surface area contributed by atoms with Gasteiger partial charge in [0.25, 0.3) is 0 Å². The van der Waals surface area contributed by atoms with Crippen molar-refractivity contribution < 1.29 is 9.52 Å². The quantitative estimate of drug-likeness (QED) is 0.936. The fraction of sp³-hybridized carbons (Fsp3) is 0.222. The molecule has 0 spiro atoms. The van der Waals surface area contributed by atoms with Crippen molar-refractivity contribution in [1.29, 1.82) is 0 Å². The van der Waals surface area contributed by atoms with Crippen LogP contribution in [0.1, 0.15) is 17.6 Å². The number of rotatable bonds is 3. The second kappa shape index (κ2) is 4.25. The predicted molar refractivity (Wildman–Crippen MR) is 57.2 cm³/mol. The Morgan fingerprint density at radius 3 is 3.00 bits per heavy atom. The number of aliphatic hydroxyl groups is 1. The van der Waals surface area contributed by atoms with Gasteiger partial charge in [0.2, 0.25) is 0 Å². The van der Waals surface area contributed by atoms with Gasteiger partial charge in [-0.05, 0) is 28.1 Å². The summed E-state index contributed by atoms with van der Waals surface area (Å²) >= 11 is 4.68. The molecule has 2 rings (SSSR count). The zero-order valence-corrected chi connectivity index (χ0v) is 9.59. The van der Waals surface area contributed by atoms with Gasteiger partial charge in [-0.3, -0.25) is 0 Å². The summed E-state index contributed by atoms with van der Waals surface area (Å²) in [6.07, 6.45) is -0.130. The van der Waals surface area contributed by atoms with E-state index in [9.17, 15) is 5.11 Å². The Hall–Kier alpha value is -0.650. The SMILES string of the molecule is OC(Cc1ccc(Br)o1)c1cscn1. The van der Waals surface area contributed by atoms with Crippen molar-refractivity contribution >= 4 is 27.3 Å². The lowest BCUT2D eigenvalue weighted by Gasteiger charge is -2.04. The van der Waals surface area contributed by atoms with Crippen LogP contribution in [0.5, 0.6) is 0 Å². The molecule has 0 aliphatic heterocycles. The summed E-state index contributed by atoms with van der Waals surface area (Å²) in [5.41, 5.74) is 2.40. The number of hydrogen-bond acceptors (Lipinski definition) is 4. The van der Waals surface area contributed by atoms with Gasteiger partial charge in [-0.2, -0.15) is 0 Å². The van der Waals surface area contributed by atoms with Crippen molar-refractivity contribution in [2.75, 3.05) is 0 Å². The van der Waals surface area contributed by atoms with Crippen LogP contribution in [0.2, 0.25) is 0 Å². The Balaban J connectivity index is 2.05. The minimum absolute atomic E-state index is 0.454. The van der Waals surface area contributed by atoms with Gasteiger partial charge in [0.15, 0.2) is 4.67 Å². The fourth-order valence-electron chi connectivity index (χ4n) is 1.14. The average Bonchev–Trinajstić information content (AvgIpc) is 2.75. The summed E-state index contributed by atoms with van der Waals surface area (Å²) < 4.78 is 5.96. The van der Waals surface area contributed by atoms with Gasteiger partial charge < -0.3 is 9.52 Å². The number of hydrogen-bond donors (Lipinski definition) is 1. The monoisotopic (exact) mass is 273 g/mol. The van der Waals surface area contributed by atoms with E-state index in [4.69, 9.17) is 4.42 Å². The van der Waals surface area contributed by atoms with Crippen molar-refractivity contribution in [2.24, 2.45) is 0 Å². The summed E-state index contributed by atoms with van der Waals surface area (Å²) in [4.78, 5) is 4.03. The molecule has 74 valence electrons. The lowest BCUT2D eigenvalue weighted by Crippen LogP contribution is -2.00. The van der Waals surface area contributed by atoms with Crippen LogP contribution >= 0.6 is 27.3 Å². The van der Waals surface area contributed by atoms with Crippen molar-refractivity contribution in [3.8, 4) is 0 Å². The molecule has 1 unspecified atom stereocenters. The zero-order valence-electron chi connectivity index (χ0n) is 7.18. The Bertz CT molecular complexity index is 399. The Kier molecular flexibility index (Phi) is 3.00. The Labute approximate surface area is 93.5 Å². The molecule has 0 aliphatic rings. The highest BCUT2D eigenvalue weighted by molar-refractivity contribution is 9.10. The third-order valence-electron chi connectivity index (χ3n) is 1.82. The molecule has 3 nitrogen and oxygen atoms in total. The maximum absolute atomic E-state index is 9.74. The number of nitrogens with zero attached hydrogens (tertiary/aromatic N) is 1. The molecular formula is C9H8BrNO2S. The molecule has 0 aliphatic carbocycles. The van der Waals surface area contributed by atoms with Gasteiger partial charge >= 0.3 is 0 Å². The maximum atomic E-state index is 9.74. The molecule has 2 heterocycles. The average molecular weight is 274 g/mol. The van der Waals surface area contributed by atoms with E-state index in [1.54, 1.807) is 5.51 Å². The predicted octanol–water partition coefficient (Wildman–Crippen LogP) is 2.77. The molecular weight excluding hydrogens is 266 g/mol. The van der Waals surface area contributed by atoms with Crippen LogP contribution in [0.15, 0.2) is 32.1 Å². The van der Waals surface area contributed by atoms with E-state index in [0.29, 0.717) is 16.8 Å². The molecule has 1 N–H and O–H groups in total. The van der Waals surface area contributed by atoms with E-state index >= 15 is 0 Å². The molecule has 0 saturated carbocycles. The van der Waals surface area contributed by atoms with Crippen LogP contribution in [0.3, 0.4) is 0 Å². The van der Waals surface area contributed by atoms with Crippen molar-refractivity contribution in [1.82, 2.24) is 4.98 Å². The maximum Gasteiger partial charge on any atom is 0.169 e. The van der Waals surface area contributed by atoms with Gasteiger partial charge in [0.1, 0.15) is 11.9 Å². The lowest BCUT2D eigenvalue weighted by molar-refractivity contribution is 0.166. The van der Waals surface area contributed by atoms with Crippen molar-refractivity contribution in [2.45, 2.75) is 12.5 Å². The van der Waals surface area contributed by atoms with Crippen LogP contribution in [0, 0.1) is 0 Å². The molecule has 2 aromatic rings. The number of aliphatic hydroxyl groups excluding tert-OH is 1. The summed E-state index contributed by atoms with van der Waals surface area (Å²) in [6, 6.07) is 3.64. The van der Waals surface area contributed by atoms with Gasteiger partial charge in [0.05, 0.1) is 11.2 Å². The highest BCUT2D eigenvalue weighted by atomic mass is 79.9. The Morgan fingerprint density at radius 1 is 1.57 bits per heavy atom. The molecule has 1 atom stereocenters. The summed E-state index contributed by atoms with van der Waals surface area (Å²) in [6.45, 7) is 0. The molecule has 0 amide bonds. The minimum atomic E-state index is -0.584. The van der Waals surface area contributed by atoms with E-state index in [2.05, 4.69) is 20.9 Å². The molecule has 0 fully saturated rings.